The average Bonchev–Trinajstić information content (AvgIpc) is 2.71. The highest BCUT2D eigenvalue weighted by Gasteiger charge is 3.03. The van der Waals surface area contributed by atoms with Crippen molar-refractivity contribution >= 4 is 34.8 Å². The van der Waals surface area contributed by atoms with Gasteiger partial charge in [0.05, 0.1) is 4.87 Å². The summed E-state index contributed by atoms with van der Waals surface area (Å²) in [6, 6.07) is 0. The molecule has 3 heteroatoms. The number of rotatable bonds is 0. The van der Waals surface area contributed by atoms with Gasteiger partial charge >= 0.3 is 0 Å². The van der Waals surface area contributed by atoms with Crippen molar-refractivity contribution in [1.82, 2.24) is 0 Å². The summed E-state index contributed by atoms with van der Waals surface area (Å²) in [7, 11) is 0. The molecule has 0 aromatic rings. The van der Waals surface area contributed by atoms with Crippen LogP contribution in [0.3, 0.4) is 0 Å². The third kappa shape index (κ3) is 0.478. The lowest BCUT2D eigenvalue weighted by atomic mass is 9.89. The zero-order valence-electron chi connectivity index (χ0n) is 7.86. The topological polar surface area (TPSA) is 0 Å². The van der Waals surface area contributed by atoms with Crippen LogP contribution in [0.1, 0.15) is 19.8 Å². The van der Waals surface area contributed by atoms with Crippen LogP contribution >= 0.6 is 34.8 Å². The lowest BCUT2D eigenvalue weighted by Gasteiger charge is -2.16. The Hall–Kier alpha value is 0.610. The predicted octanol–water partition coefficient (Wildman–Crippen LogP) is 3.75. The van der Waals surface area contributed by atoms with Crippen molar-refractivity contribution in [1.29, 1.82) is 0 Å². The fourth-order valence-corrected chi connectivity index (χ4v) is 6.79. The van der Waals surface area contributed by atoms with Crippen LogP contribution in [0.25, 0.3) is 0 Å². The minimum Gasteiger partial charge on any atom is -0.117 e. The second kappa shape index (κ2) is 1.81. The van der Waals surface area contributed by atoms with Crippen molar-refractivity contribution in [2.75, 3.05) is 0 Å². The molecule has 5 atom stereocenters. The Kier molecular flexibility index (Phi) is 1.13. The number of alkyl halides is 3. The predicted molar refractivity (Wildman–Crippen MR) is 58.9 cm³/mol. The Bertz CT molecular complexity index is 362. The minimum absolute atomic E-state index is 0.0226. The first-order valence-corrected chi connectivity index (χ1v) is 6.30. The number of hydrogen-bond acceptors (Lipinski definition) is 0. The van der Waals surface area contributed by atoms with Crippen molar-refractivity contribution in [3.05, 3.63) is 12.2 Å². The van der Waals surface area contributed by atoms with Gasteiger partial charge in [0.15, 0.2) is 0 Å². The molecule has 0 aromatic heterocycles. The van der Waals surface area contributed by atoms with Gasteiger partial charge in [-0.05, 0) is 24.7 Å². The third-order valence-electron chi connectivity index (χ3n) is 5.52. The van der Waals surface area contributed by atoms with Crippen molar-refractivity contribution in [3.8, 4) is 0 Å². The molecule has 4 aliphatic rings. The number of halogens is 3. The van der Waals surface area contributed by atoms with Crippen LogP contribution in [0.2, 0.25) is 0 Å². The van der Waals surface area contributed by atoms with Gasteiger partial charge in [0.1, 0.15) is 4.33 Å². The van der Waals surface area contributed by atoms with Crippen molar-refractivity contribution in [2.45, 2.75) is 29.0 Å². The monoisotopic (exact) mass is 248 g/mol. The van der Waals surface area contributed by atoms with Gasteiger partial charge in [-0.15, -0.1) is 34.8 Å². The lowest BCUT2D eigenvalue weighted by Crippen LogP contribution is -2.16. The number of hydrogen-bond donors (Lipinski definition) is 0. The Morgan fingerprint density at radius 2 is 1.71 bits per heavy atom. The first-order valence-electron chi connectivity index (χ1n) is 5.17. The third-order valence-corrected chi connectivity index (χ3v) is 7.43. The number of fused-ring (bicyclic) bond motifs is 7. The van der Waals surface area contributed by atoms with E-state index in [4.69, 9.17) is 34.8 Å². The Balaban J connectivity index is 1.92. The molecule has 76 valence electrons. The van der Waals surface area contributed by atoms with Gasteiger partial charge in [0.2, 0.25) is 0 Å². The molecular weight excluding hydrogens is 238 g/mol. The number of allylic oxidation sites excluding steroid dienone is 2. The molecule has 0 unspecified atom stereocenters. The van der Waals surface area contributed by atoms with Crippen LogP contribution in [-0.2, 0) is 0 Å². The first-order chi connectivity index (χ1) is 6.42. The van der Waals surface area contributed by atoms with E-state index in [9.17, 15) is 0 Å². The molecule has 0 aliphatic heterocycles. The van der Waals surface area contributed by atoms with E-state index in [0.717, 1.165) is 6.42 Å². The van der Waals surface area contributed by atoms with E-state index < -0.39 is 4.33 Å². The van der Waals surface area contributed by atoms with E-state index in [1.807, 2.05) is 0 Å². The van der Waals surface area contributed by atoms with E-state index in [2.05, 4.69) is 19.1 Å². The molecule has 0 N–H and O–H groups in total. The van der Waals surface area contributed by atoms with Crippen molar-refractivity contribution in [2.24, 2.45) is 22.7 Å². The van der Waals surface area contributed by atoms with Crippen LogP contribution in [0.4, 0.5) is 0 Å². The van der Waals surface area contributed by atoms with Crippen LogP contribution in [0.5, 0.6) is 0 Å². The van der Waals surface area contributed by atoms with E-state index in [0.29, 0.717) is 11.8 Å². The molecule has 0 saturated heterocycles. The summed E-state index contributed by atoms with van der Waals surface area (Å²) in [6.45, 7) is 2.28. The van der Waals surface area contributed by atoms with Crippen LogP contribution in [-0.4, -0.2) is 9.21 Å². The second-order valence-electron chi connectivity index (χ2n) is 5.53. The minimum atomic E-state index is -0.549. The average molecular weight is 250 g/mol. The highest BCUT2D eigenvalue weighted by molar-refractivity contribution is 6.53. The van der Waals surface area contributed by atoms with Gasteiger partial charge < -0.3 is 0 Å². The molecule has 0 radical (unpaired) electrons. The summed E-state index contributed by atoms with van der Waals surface area (Å²) in [5, 5.41) is 0. The molecular formula is C11H11Cl3. The molecule has 4 rings (SSSR count). The quantitative estimate of drug-likeness (QED) is 0.453. The molecule has 14 heavy (non-hydrogen) atoms. The molecule has 0 nitrogen and oxygen atoms in total. The summed E-state index contributed by atoms with van der Waals surface area (Å²) in [5.41, 5.74) is 0.194. The summed E-state index contributed by atoms with van der Waals surface area (Å²) < 4.78 is -0.549. The second-order valence-corrected chi connectivity index (χ2v) is 7.61. The SMILES string of the molecule is C[C@@]12[C@H]3C=C[C@H](C3)[C@]1(Cl)[C@]21CC1(Cl)Cl. The highest BCUT2D eigenvalue weighted by atomic mass is 35.5. The molecule has 0 amide bonds. The fraction of sp³-hybridized carbons (Fsp3) is 0.818. The van der Waals surface area contributed by atoms with Crippen molar-refractivity contribution in [3.63, 3.8) is 0 Å². The summed E-state index contributed by atoms with van der Waals surface area (Å²) in [6.07, 6.45) is 6.70. The summed E-state index contributed by atoms with van der Waals surface area (Å²) in [5.74, 6) is 1.13. The van der Waals surface area contributed by atoms with E-state index in [1.165, 1.54) is 6.42 Å². The molecule has 3 fully saturated rings. The summed E-state index contributed by atoms with van der Waals surface area (Å²) >= 11 is 19.4. The Labute approximate surface area is 98.6 Å². The Morgan fingerprint density at radius 3 is 2.14 bits per heavy atom. The maximum Gasteiger partial charge on any atom is 0.127 e. The fourth-order valence-electron chi connectivity index (χ4n) is 4.76. The van der Waals surface area contributed by atoms with E-state index in [-0.39, 0.29) is 15.7 Å². The summed E-state index contributed by atoms with van der Waals surface area (Å²) in [4.78, 5) is -0.122. The smallest absolute Gasteiger partial charge is 0.117 e. The first kappa shape index (κ1) is 8.73. The zero-order valence-corrected chi connectivity index (χ0v) is 10.1. The molecule has 0 heterocycles. The van der Waals surface area contributed by atoms with E-state index in [1.54, 1.807) is 0 Å². The maximum atomic E-state index is 6.80. The highest BCUT2D eigenvalue weighted by Crippen LogP contribution is 3.00. The van der Waals surface area contributed by atoms with E-state index >= 15 is 0 Å². The molecule has 1 spiro atoms. The molecule has 4 aliphatic carbocycles. The van der Waals surface area contributed by atoms with Crippen molar-refractivity contribution < 1.29 is 0 Å². The molecule has 3 saturated carbocycles. The maximum absolute atomic E-state index is 6.80. The van der Waals surface area contributed by atoms with Gasteiger partial charge in [-0.3, -0.25) is 0 Å². The standard InChI is InChI=1S/C11H11Cl3/c1-8-6-2-3-7(4-6)11(8,14)9(8)5-10(9,12)13/h2-3,6-7H,4-5H2,1H3/t6-,7+,8-,9+,11+/m0/s1. The van der Waals surface area contributed by atoms with Gasteiger partial charge in [-0.1, -0.05) is 19.1 Å². The van der Waals surface area contributed by atoms with Gasteiger partial charge in [-0.2, -0.15) is 0 Å². The van der Waals surface area contributed by atoms with Gasteiger partial charge in [0, 0.05) is 10.8 Å². The Morgan fingerprint density at radius 1 is 1.14 bits per heavy atom. The lowest BCUT2D eigenvalue weighted by molar-refractivity contribution is 0.372. The van der Waals surface area contributed by atoms with Crippen LogP contribution in [0.15, 0.2) is 12.2 Å². The zero-order chi connectivity index (χ0) is 9.98. The van der Waals surface area contributed by atoms with Crippen LogP contribution in [0, 0.1) is 22.7 Å². The van der Waals surface area contributed by atoms with Crippen LogP contribution < -0.4 is 0 Å². The molecule has 0 aromatic carbocycles. The normalized spacial score (nSPS) is 70.0. The van der Waals surface area contributed by atoms with Gasteiger partial charge in [0.25, 0.3) is 0 Å². The molecule has 2 bridgehead atoms. The largest absolute Gasteiger partial charge is 0.127 e. The van der Waals surface area contributed by atoms with Gasteiger partial charge in [-0.25, -0.2) is 0 Å².